The molecule has 23 heavy (non-hydrogen) atoms. The molecular formula is C15H24N2O5S. The van der Waals surface area contributed by atoms with Crippen LogP contribution in [0.5, 0.6) is 17.2 Å². The van der Waals surface area contributed by atoms with Gasteiger partial charge in [-0.3, -0.25) is 0 Å². The smallest absolute Gasteiger partial charge is 0.248 e. The molecule has 0 amide bonds. The van der Waals surface area contributed by atoms with Crippen LogP contribution in [0.4, 0.5) is 0 Å². The largest absolute Gasteiger partial charge is 0.496 e. The molecule has 1 aromatic carbocycles. The third kappa shape index (κ3) is 4.07. The molecule has 2 atom stereocenters. The van der Waals surface area contributed by atoms with Gasteiger partial charge in [0.1, 0.15) is 17.2 Å². The summed E-state index contributed by atoms with van der Waals surface area (Å²) < 4.78 is 44.0. The van der Waals surface area contributed by atoms with Crippen LogP contribution in [-0.4, -0.2) is 48.4 Å². The van der Waals surface area contributed by atoms with Gasteiger partial charge >= 0.3 is 0 Å². The van der Waals surface area contributed by atoms with Gasteiger partial charge in [0.25, 0.3) is 0 Å². The number of hydrogen-bond donors (Lipinski definition) is 2. The van der Waals surface area contributed by atoms with Crippen LogP contribution in [0.25, 0.3) is 0 Å². The summed E-state index contributed by atoms with van der Waals surface area (Å²) in [5, 5.41) is 3.30. The van der Waals surface area contributed by atoms with Crippen LogP contribution in [0.2, 0.25) is 0 Å². The summed E-state index contributed by atoms with van der Waals surface area (Å²) in [5.41, 5.74) is 0. The van der Waals surface area contributed by atoms with Crippen LogP contribution in [0.15, 0.2) is 17.0 Å². The van der Waals surface area contributed by atoms with Gasteiger partial charge in [0, 0.05) is 24.2 Å². The molecule has 1 heterocycles. The van der Waals surface area contributed by atoms with E-state index >= 15 is 0 Å². The van der Waals surface area contributed by atoms with Gasteiger partial charge in [-0.05, 0) is 26.3 Å². The van der Waals surface area contributed by atoms with Crippen molar-refractivity contribution in [2.75, 3.05) is 27.9 Å². The second-order valence-electron chi connectivity index (χ2n) is 5.56. The summed E-state index contributed by atoms with van der Waals surface area (Å²) in [7, 11) is 0.553. The van der Waals surface area contributed by atoms with E-state index < -0.39 is 10.0 Å². The Kier molecular flexibility index (Phi) is 5.72. The van der Waals surface area contributed by atoms with Gasteiger partial charge in [0.2, 0.25) is 10.0 Å². The van der Waals surface area contributed by atoms with Crippen molar-refractivity contribution in [1.82, 2.24) is 10.0 Å². The number of ether oxygens (including phenoxy) is 3. The van der Waals surface area contributed by atoms with Crippen molar-refractivity contribution in [2.45, 2.75) is 36.7 Å². The Morgan fingerprint density at radius 2 is 1.74 bits per heavy atom. The Morgan fingerprint density at radius 1 is 1.13 bits per heavy atom. The molecule has 1 aromatic rings. The van der Waals surface area contributed by atoms with Gasteiger partial charge in [-0.25, -0.2) is 13.1 Å². The summed E-state index contributed by atoms with van der Waals surface area (Å²) in [6.07, 6.45) is 1.48. The molecule has 2 rings (SSSR count). The van der Waals surface area contributed by atoms with Crippen molar-refractivity contribution < 1.29 is 22.6 Å². The first-order valence-corrected chi connectivity index (χ1v) is 8.95. The van der Waals surface area contributed by atoms with Gasteiger partial charge in [-0.1, -0.05) is 0 Å². The van der Waals surface area contributed by atoms with E-state index in [-0.39, 0.29) is 28.5 Å². The summed E-state index contributed by atoms with van der Waals surface area (Å²) in [6, 6.07) is 3.22. The van der Waals surface area contributed by atoms with Gasteiger partial charge in [0.05, 0.1) is 21.3 Å². The first-order valence-electron chi connectivity index (χ1n) is 7.47. The molecule has 130 valence electrons. The lowest BCUT2D eigenvalue weighted by molar-refractivity contribution is 0.351. The highest BCUT2D eigenvalue weighted by Gasteiger charge is 2.30. The molecule has 2 N–H and O–H groups in total. The minimum absolute atomic E-state index is 0.00511. The standard InChI is InChI=1S/C15H24N2O5S/c1-10-7-11(5-6-16-10)17-23(18,19)15-13(21-3)8-12(20-2)9-14(15)22-4/h8-11,16-17H,5-7H2,1-4H3/t10-,11+/m1/s1. The third-order valence-electron chi connectivity index (χ3n) is 3.88. The predicted octanol–water partition coefficient (Wildman–Crippen LogP) is 1.13. The maximum Gasteiger partial charge on any atom is 0.248 e. The van der Waals surface area contributed by atoms with E-state index in [0.29, 0.717) is 5.75 Å². The summed E-state index contributed by atoms with van der Waals surface area (Å²) in [5.74, 6) is 0.847. The summed E-state index contributed by atoms with van der Waals surface area (Å²) in [4.78, 5) is -0.00511. The van der Waals surface area contributed by atoms with Gasteiger partial charge in [-0.15, -0.1) is 0 Å². The molecule has 7 nitrogen and oxygen atoms in total. The SMILES string of the molecule is COc1cc(OC)c(S(=O)(=O)N[C@H]2CCN[C@H](C)C2)c(OC)c1. The van der Waals surface area contributed by atoms with Crippen molar-refractivity contribution >= 4 is 10.0 Å². The third-order valence-corrected chi connectivity index (χ3v) is 5.47. The maximum absolute atomic E-state index is 12.8. The number of benzene rings is 1. The van der Waals surface area contributed by atoms with Crippen LogP contribution in [0.1, 0.15) is 19.8 Å². The predicted molar refractivity (Wildman–Crippen MR) is 86.9 cm³/mol. The molecule has 0 aliphatic carbocycles. The fourth-order valence-electron chi connectivity index (χ4n) is 2.76. The van der Waals surface area contributed by atoms with Crippen molar-refractivity contribution in [1.29, 1.82) is 0 Å². The van der Waals surface area contributed by atoms with Crippen LogP contribution < -0.4 is 24.2 Å². The van der Waals surface area contributed by atoms with Crippen molar-refractivity contribution in [3.05, 3.63) is 12.1 Å². The molecular weight excluding hydrogens is 320 g/mol. The normalized spacial score (nSPS) is 21.7. The first-order chi connectivity index (χ1) is 10.9. The highest BCUT2D eigenvalue weighted by Crippen LogP contribution is 2.37. The van der Waals surface area contributed by atoms with Crippen LogP contribution in [-0.2, 0) is 10.0 Å². The first kappa shape index (κ1) is 17.8. The number of hydrogen-bond acceptors (Lipinski definition) is 6. The van der Waals surface area contributed by atoms with Crippen LogP contribution >= 0.6 is 0 Å². The topological polar surface area (TPSA) is 85.9 Å². The molecule has 1 aliphatic heterocycles. The monoisotopic (exact) mass is 344 g/mol. The Hall–Kier alpha value is -1.51. The number of piperidine rings is 1. The zero-order valence-corrected chi connectivity index (χ0v) is 14.7. The molecule has 1 aliphatic rings. The highest BCUT2D eigenvalue weighted by molar-refractivity contribution is 7.89. The minimum Gasteiger partial charge on any atom is -0.496 e. The van der Waals surface area contributed by atoms with E-state index in [1.54, 1.807) is 0 Å². The molecule has 0 aromatic heterocycles. The second kappa shape index (κ2) is 7.37. The maximum atomic E-state index is 12.8. The molecule has 1 fully saturated rings. The van der Waals surface area contributed by atoms with E-state index in [1.807, 2.05) is 6.92 Å². The lowest BCUT2D eigenvalue weighted by Crippen LogP contribution is -2.46. The quantitative estimate of drug-likeness (QED) is 0.805. The number of sulfonamides is 1. The van der Waals surface area contributed by atoms with Gasteiger partial charge in [-0.2, -0.15) is 0 Å². The van der Waals surface area contributed by atoms with Gasteiger partial charge in [0.15, 0.2) is 4.90 Å². The van der Waals surface area contributed by atoms with Crippen LogP contribution in [0, 0.1) is 0 Å². The number of rotatable bonds is 6. The Labute approximate surface area is 137 Å². The van der Waals surface area contributed by atoms with Crippen LogP contribution in [0.3, 0.4) is 0 Å². The average Bonchev–Trinajstić information content (AvgIpc) is 2.52. The number of nitrogens with one attached hydrogen (secondary N) is 2. The second-order valence-corrected chi connectivity index (χ2v) is 7.21. The van der Waals surface area contributed by atoms with Crippen molar-refractivity contribution in [3.8, 4) is 17.2 Å². The lowest BCUT2D eigenvalue weighted by Gasteiger charge is -2.28. The molecule has 0 unspecified atom stereocenters. The molecule has 0 radical (unpaired) electrons. The molecule has 8 heteroatoms. The molecule has 0 bridgehead atoms. The zero-order valence-electron chi connectivity index (χ0n) is 13.9. The highest BCUT2D eigenvalue weighted by atomic mass is 32.2. The van der Waals surface area contributed by atoms with E-state index in [2.05, 4.69) is 10.0 Å². The van der Waals surface area contributed by atoms with E-state index in [4.69, 9.17) is 14.2 Å². The van der Waals surface area contributed by atoms with Gasteiger partial charge < -0.3 is 19.5 Å². The average molecular weight is 344 g/mol. The molecule has 0 saturated carbocycles. The van der Waals surface area contributed by atoms with E-state index in [1.165, 1.54) is 33.5 Å². The summed E-state index contributed by atoms with van der Waals surface area (Å²) in [6.45, 7) is 2.82. The molecule has 1 saturated heterocycles. The Bertz CT molecular complexity index is 622. The fraction of sp³-hybridized carbons (Fsp3) is 0.600. The molecule has 0 spiro atoms. The Morgan fingerprint density at radius 3 is 2.22 bits per heavy atom. The minimum atomic E-state index is -3.78. The van der Waals surface area contributed by atoms with E-state index in [0.717, 1.165) is 19.4 Å². The zero-order chi connectivity index (χ0) is 17.0. The van der Waals surface area contributed by atoms with E-state index in [9.17, 15) is 8.42 Å². The Balaban J connectivity index is 2.38. The number of methoxy groups -OCH3 is 3. The van der Waals surface area contributed by atoms with Crippen molar-refractivity contribution in [2.24, 2.45) is 0 Å². The summed E-state index contributed by atoms with van der Waals surface area (Å²) >= 11 is 0. The fourth-order valence-corrected chi connectivity index (χ4v) is 4.34. The lowest BCUT2D eigenvalue weighted by atomic mass is 10.0. The van der Waals surface area contributed by atoms with Crippen molar-refractivity contribution in [3.63, 3.8) is 0 Å².